The maximum absolute atomic E-state index is 12.3. The molecule has 0 atom stereocenters. The smallest absolute Gasteiger partial charge is 0.324 e. The molecule has 1 fully saturated rings. The van der Waals surface area contributed by atoms with Crippen molar-refractivity contribution in [2.24, 2.45) is 7.05 Å². The number of imide groups is 1. The first-order valence-corrected chi connectivity index (χ1v) is 7.18. The predicted molar refractivity (Wildman–Crippen MR) is 74.9 cm³/mol. The Morgan fingerprint density at radius 1 is 1.30 bits per heavy atom. The van der Waals surface area contributed by atoms with Crippen molar-refractivity contribution in [2.45, 2.75) is 39.2 Å². The van der Waals surface area contributed by atoms with Crippen molar-refractivity contribution >= 4 is 11.9 Å². The van der Waals surface area contributed by atoms with Crippen molar-refractivity contribution in [1.82, 2.24) is 19.6 Å². The summed E-state index contributed by atoms with van der Waals surface area (Å²) in [7, 11) is 1.82. The fourth-order valence-electron chi connectivity index (χ4n) is 2.39. The molecule has 1 aromatic heterocycles. The van der Waals surface area contributed by atoms with Crippen LogP contribution in [0.25, 0.3) is 0 Å². The molecule has 1 saturated heterocycles. The molecule has 1 aromatic rings. The Bertz CT molecular complexity index is 483. The van der Waals surface area contributed by atoms with Crippen molar-refractivity contribution in [3.8, 4) is 0 Å². The van der Waals surface area contributed by atoms with Crippen LogP contribution in [0.5, 0.6) is 0 Å². The summed E-state index contributed by atoms with van der Waals surface area (Å²) in [4.78, 5) is 27.4. The Balaban J connectivity index is 1.98. The number of nitrogens with zero attached hydrogens (tertiary/aromatic N) is 4. The third-order valence-electron chi connectivity index (χ3n) is 3.53. The molecule has 1 aliphatic rings. The number of carbonyl (C=O) groups is 2. The molecule has 3 amide bonds. The average molecular weight is 278 g/mol. The van der Waals surface area contributed by atoms with Crippen LogP contribution in [0, 0.1) is 0 Å². The number of aryl methyl sites for hydroxylation is 1. The summed E-state index contributed by atoms with van der Waals surface area (Å²) in [6.07, 6.45) is 7.17. The van der Waals surface area contributed by atoms with Gasteiger partial charge in [-0.1, -0.05) is 19.8 Å². The van der Waals surface area contributed by atoms with Crippen LogP contribution in [0.4, 0.5) is 4.79 Å². The lowest BCUT2D eigenvalue weighted by atomic mass is 10.2. The number of carbonyl (C=O) groups excluding carboxylic acids is 2. The Labute approximate surface area is 119 Å². The van der Waals surface area contributed by atoms with Crippen molar-refractivity contribution < 1.29 is 9.59 Å². The monoisotopic (exact) mass is 278 g/mol. The van der Waals surface area contributed by atoms with E-state index in [0.29, 0.717) is 19.5 Å². The van der Waals surface area contributed by atoms with Gasteiger partial charge in [-0.15, -0.1) is 0 Å². The second kappa shape index (κ2) is 6.54. The first-order chi connectivity index (χ1) is 9.61. The van der Waals surface area contributed by atoms with E-state index in [2.05, 4.69) is 12.0 Å². The van der Waals surface area contributed by atoms with E-state index in [1.54, 1.807) is 15.8 Å². The predicted octanol–water partition coefficient (Wildman–Crippen LogP) is 1.76. The molecule has 0 aromatic carbocycles. The van der Waals surface area contributed by atoms with Crippen LogP contribution in [0.3, 0.4) is 0 Å². The van der Waals surface area contributed by atoms with Gasteiger partial charge < -0.3 is 4.90 Å². The van der Waals surface area contributed by atoms with E-state index < -0.39 is 0 Å². The van der Waals surface area contributed by atoms with E-state index in [-0.39, 0.29) is 11.9 Å². The number of hydrogen-bond acceptors (Lipinski definition) is 3. The molecule has 0 radical (unpaired) electrons. The van der Waals surface area contributed by atoms with Crippen molar-refractivity contribution in [2.75, 3.05) is 13.1 Å². The second-order valence-electron chi connectivity index (χ2n) is 5.23. The van der Waals surface area contributed by atoms with Gasteiger partial charge in [0, 0.05) is 38.3 Å². The lowest BCUT2D eigenvalue weighted by Crippen LogP contribution is -2.51. The van der Waals surface area contributed by atoms with Gasteiger partial charge in [0.15, 0.2) is 0 Å². The lowest BCUT2D eigenvalue weighted by molar-refractivity contribution is -0.131. The van der Waals surface area contributed by atoms with Crippen molar-refractivity contribution in [1.29, 1.82) is 0 Å². The molecule has 0 N–H and O–H groups in total. The first kappa shape index (κ1) is 14.6. The van der Waals surface area contributed by atoms with Crippen LogP contribution in [0.1, 0.15) is 38.2 Å². The minimum Gasteiger partial charge on any atom is -0.324 e. The third kappa shape index (κ3) is 3.37. The summed E-state index contributed by atoms with van der Waals surface area (Å²) in [6.45, 7) is 3.74. The molecule has 6 nitrogen and oxygen atoms in total. The maximum Gasteiger partial charge on any atom is 0.327 e. The van der Waals surface area contributed by atoms with E-state index in [4.69, 9.17) is 0 Å². The van der Waals surface area contributed by atoms with Gasteiger partial charge in [0.25, 0.3) is 0 Å². The van der Waals surface area contributed by atoms with E-state index in [0.717, 1.165) is 31.4 Å². The van der Waals surface area contributed by atoms with Crippen LogP contribution < -0.4 is 0 Å². The minimum absolute atomic E-state index is 0.0920. The number of unbranched alkanes of at least 4 members (excludes halogenated alkanes) is 2. The fourth-order valence-corrected chi connectivity index (χ4v) is 2.39. The van der Waals surface area contributed by atoms with Gasteiger partial charge in [-0.25, -0.2) is 4.79 Å². The average Bonchev–Trinajstić information content (AvgIpc) is 2.83. The molecule has 20 heavy (non-hydrogen) atoms. The first-order valence-electron chi connectivity index (χ1n) is 7.18. The van der Waals surface area contributed by atoms with Crippen molar-refractivity contribution in [3.05, 3.63) is 18.0 Å². The molecular formula is C14H22N4O2. The zero-order valence-corrected chi connectivity index (χ0v) is 12.2. The molecule has 0 aliphatic carbocycles. The number of aromatic nitrogens is 2. The largest absolute Gasteiger partial charge is 0.327 e. The molecule has 2 heterocycles. The van der Waals surface area contributed by atoms with Gasteiger partial charge in [0.2, 0.25) is 5.91 Å². The van der Waals surface area contributed by atoms with Gasteiger partial charge in [-0.2, -0.15) is 5.10 Å². The molecule has 0 saturated carbocycles. The standard InChI is InChI=1S/C14H22N4O2/c1-3-4-5-7-17-8-6-13(19)18(14(17)20)11-12-9-15-16(2)10-12/h9-10H,3-8,11H2,1-2H3. The zero-order chi connectivity index (χ0) is 14.5. The lowest BCUT2D eigenvalue weighted by Gasteiger charge is -2.34. The van der Waals surface area contributed by atoms with Gasteiger partial charge in [-0.3, -0.25) is 14.4 Å². The maximum atomic E-state index is 12.3. The van der Waals surface area contributed by atoms with E-state index in [1.165, 1.54) is 4.90 Å². The highest BCUT2D eigenvalue weighted by Crippen LogP contribution is 2.15. The Morgan fingerprint density at radius 2 is 2.10 bits per heavy atom. The number of amides is 3. The van der Waals surface area contributed by atoms with Crippen LogP contribution in [-0.2, 0) is 18.4 Å². The summed E-state index contributed by atoms with van der Waals surface area (Å²) in [6, 6.07) is -0.166. The van der Waals surface area contributed by atoms with Gasteiger partial charge in [0.05, 0.1) is 12.7 Å². The topological polar surface area (TPSA) is 58.4 Å². The highest BCUT2D eigenvalue weighted by Gasteiger charge is 2.31. The summed E-state index contributed by atoms with van der Waals surface area (Å²) in [5.41, 5.74) is 0.879. The molecule has 0 unspecified atom stereocenters. The van der Waals surface area contributed by atoms with Crippen LogP contribution in [0.2, 0.25) is 0 Å². The third-order valence-corrected chi connectivity index (χ3v) is 3.53. The molecule has 1 aliphatic heterocycles. The number of urea groups is 1. The van der Waals surface area contributed by atoms with Gasteiger partial charge in [0.1, 0.15) is 0 Å². The van der Waals surface area contributed by atoms with E-state index >= 15 is 0 Å². The Hall–Kier alpha value is -1.85. The van der Waals surface area contributed by atoms with Crippen LogP contribution in [0.15, 0.2) is 12.4 Å². The van der Waals surface area contributed by atoms with Crippen molar-refractivity contribution in [3.63, 3.8) is 0 Å². The van der Waals surface area contributed by atoms with Gasteiger partial charge >= 0.3 is 6.03 Å². The SMILES string of the molecule is CCCCCN1CCC(=O)N(Cc2cnn(C)c2)C1=O. The molecule has 110 valence electrons. The zero-order valence-electron chi connectivity index (χ0n) is 12.2. The summed E-state index contributed by atoms with van der Waals surface area (Å²) in [5.74, 6) is -0.0920. The van der Waals surface area contributed by atoms with Crippen LogP contribution in [-0.4, -0.2) is 44.6 Å². The van der Waals surface area contributed by atoms with E-state index in [1.807, 2.05) is 13.2 Å². The molecule has 0 bridgehead atoms. The normalized spacial score (nSPS) is 16.1. The van der Waals surface area contributed by atoms with E-state index in [9.17, 15) is 9.59 Å². The van der Waals surface area contributed by atoms with Crippen LogP contribution >= 0.6 is 0 Å². The molecule has 6 heteroatoms. The summed E-state index contributed by atoms with van der Waals surface area (Å²) < 4.78 is 1.67. The summed E-state index contributed by atoms with van der Waals surface area (Å²) in [5, 5.41) is 4.07. The highest BCUT2D eigenvalue weighted by atomic mass is 16.2. The number of hydrogen-bond donors (Lipinski definition) is 0. The Morgan fingerprint density at radius 3 is 2.75 bits per heavy atom. The minimum atomic E-state index is -0.166. The highest BCUT2D eigenvalue weighted by molar-refractivity contribution is 5.96. The molecule has 0 spiro atoms. The molecule has 2 rings (SSSR count). The summed E-state index contributed by atoms with van der Waals surface area (Å²) >= 11 is 0. The Kier molecular flexibility index (Phi) is 4.76. The number of rotatable bonds is 6. The quantitative estimate of drug-likeness (QED) is 0.745. The fraction of sp³-hybridized carbons (Fsp3) is 0.643. The van der Waals surface area contributed by atoms with Gasteiger partial charge in [-0.05, 0) is 6.42 Å². The molecular weight excluding hydrogens is 256 g/mol. The second-order valence-corrected chi connectivity index (χ2v) is 5.23.